The second kappa shape index (κ2) is 8.25. The fourth-order valence-electron chi connectivity index (χ4n) is 3.50. The largest absolute Gasteiger partial charge is 0.484 e. The van der Waals surface area contributed by atoms with E-state index in [0.29, 0.717) is 24.0 Å². The topological polar surface area (TPSA) is 68.5 Å². The predicted molar refractivity (Wildman–Crippen MR) is 105 cm³/mol. The quantitative estimate of drug-likeness (QED) is 0.667. The third-order valence-corrected chi connectivity index (χ3v) is 4.93. The van der Waals surface area contributed by atoms with E-state index in [0.717, 1.165) is 30.4 Å². The highest BCUT2D eigenvalue weighted by molar-refractivity contribution is 5.78. The highest BCUT2D eigenvalue weighted by Crippen LogP contribution is 2.31. The number of carbonyl (C=O) groups excluding carboxylic acids is 1. The van der Waals surface area contributed by atoms with Crippen LogP contribution in [-0.2, 0) is 4.79 Å². The molecule has 3 aromatic rings. The molecule has 6 nitrogen and oxygen atoms in total. The molecule has 0 unspecified atom stereocenters. The number of aryl methyl sites for hydroxylation is 1. The Bertz CT molecular complexity index is 939. The van der Waals surface area contributed by atoms with Crippen LogP contribution >= 0.6 is 0 Å². The normalized spacial score (nSPS) is 16.8. The van der Waals surface area contributed by atoms with E-state index in [1.165, 1.54) is 0 Å². The summed E-state index contributed by atoms with van der Waals surface area (Å²) in [5.74, 6) is 1.66. The van der Waals surface area contributed by atoms with Crippen molar-refractivity contribution in [1.82, 2.24) is 15.0 Å². The smallest absolute Gasteiger partial charge is 0.261 e. The molecule has 2 aromatic carbocycles. The summed E-state index contributed by atoms with van der Waals surface area (Å²) in [6, 6.07) is 17.1. The first-order chi connectivity index (χ1) is 13.7. The number of piperidine rings is 1. The highest BCUT2D eigenvalue weighted by atomic mass is 16.5. The number of ether oxygens (including phenoxy) is 1. The van der Waals surface area contributed by atoms with Crippen molar-refractivity contribution < 1.29 is 14.1 Å². The maximum absolute atomic E-state index is 12.8. The van der Waals surface area contributed by atoms with Gasteiger partial charge < -0.3 is 14.2 Å². The van der Waals surface area contributed by atoms with Crippen molar-refractivity contribution >= 4 is 5.91 Å². The van der Waals surface area contributed by atoms with Gasteiger partial charge in [-0.3, -0.25) is 4.79 Å². The van der Waals surface area contributed by atoms with Crippen LogP contribution in [0.3, 0.4) is 0 Å². The Hall–Kier alpha value is -3.15. The zero-order valence-corrected chi connectivity index (χ0v) is 15.9. The summed E-state index contributed by atoms with van der Waals surface area (Å²) in [5.41, 5.74) is 2.05. The van der Waals surface area contributed by atoms with E-state index in [-0.39, 0.29) is 18.6 Å². The molecule has 1 aromatic heterocycles. The van der Waals surface area contributed by atoms with Crippen molar-refractivity contribution in [2.45, 2.75) is 32.2 Å². The number of aromatic nitrogens is 2. The van der Waals surface area contributed by atoms with Crippen molar-refractivity contribution in [3.05, 3.63) is 66.1 Å². The second-order valence-electron chi connectivity index (χ2n) is 7.03. The molecule has 1 atom stereocenters. The van der Waals surface area contributed by atoms with E-state index in [1.807, 2.05) is 61.5 Å². The van der Waals surface area contributed by atoms with E-state index >= 15 is 0 Å². The minimum Gasteiger partial charge on any atom is -0.484 e. The maximum atomic E-state index is 12.8. The summed E-state index contributed by atoms with van der Waals surface area (Å²) < 4.78 is 11.2. The Morgan fingerprint density at radius 1 is 1.18 bits per heavy atom. The van der Waals surface area contributed by atoms with Crippen molar-refractivity contribution in [3.8, 4) is 17.1 Å². The molecule has 4 rings (SSSR count). The number of likely N-dealkylation sites (tertiary alicyclic amines) is 1. The fourth-order valence-corrected chi connectivity index (χ4v) is 3.50. The minimum atomic E-state index is -0.202. The molecule has 28 heavy (non-hydrogen) atoms. The number of para-hydroxylation sites is 1. The molecule has 1 aliphatic heterocycles. The fraction of sp³-hybridized carbons (Fsp3) is 0.318. The second-order valence-corrected chi connectivity index (χ2v) is 7.03. The lowest BCUT2D eigenvalue weighted by molar-refractivity contribution is -0.138. The third-order valence-electron chi connectivity index (χ3n) is 4.93. The van der Waals surface area contributed by atoms with Gasteiger partial charge in [-0.05, 0) is 44.4 Å². The van der Waals surface area contributed by atoms with Crippen LogP contribution in [0.1, 0.15) is 36.8 Å². The molecule has 1 aliphatic rings. The molecule has 0 radical (unpaired) electrons. The molecule has 0 saturated carbocycles. The third kappa shape index (κ3) is 4.06. The number of hydrogen-bond donors (Lipinski definition) is 0. The van der Waals surface area contributed by atoms with Crippen LogP contribution in [0.5, 0.6) is 5.75 Å². The van der Waals surface area contributed by atoms with Crippen LogP contribution in [0, 0.1) is 6.92 Å². The molecule has 2 heterocycles. The van der Waals surface area contributed by atoms with E-state index in [2.05, 4.69) is 10.1 Å². The van der Waals surface area contributed by atoms with Gasteiger partial charge in [0.2, 0.25) is 11.7 Å². The SMILES string of the molecule is Cc1cccc(-c2noc([C@H]3CCCCN3C(=O)COc3ccccc3)n2)c1. The minimum absolute atomic E-state index is 0.000608. The molecular weight excluding hydrogens is 354 g/mol. The zero-order chi connectivity index (χ0) is 19.3. The van der Waals surface area contributed by atoms with Crippen molar-refractivity contribution in [3.63, 3.8) is 0 Å². The van der Waals surface area contributed by atoms with Gasteiger partial charge in [-0.2, -0.15) is 4.98 Å². The summed E-state index contributed by atoms with van der Waals surface area (Å²) in [6.45, 7) is 2.70. The Morgan fingerprint density at radius 2 is 2.04 bits per heavy atom. The van der Waals surface area contributed by atoms with Crippen LogP contribution in [0.2, 0.25) is 0 Å². The molecular formula is C22H23N3O3. The maximum Gasteiger partial charge on any atom is 0.261 e. The summed E-state index contributed by atoms with van der Waals surface area (Å²) in [5, 5.41) is 4.13. The van der Waals surface area contributed by atoms with Gasteiger partial charge in [0.05, 0.1) is 0 Å². The summed E-state index contributed by atoms with van der Waals surface area (Å²) in [6.07, 6.45) is 2.80. The van der Waals surface area contributed by atoms with Crippen LogP contribution in [0.4, 0.5) is 0 Å². The van der Waals surface area contributed by atoms with Crippen LogP contribution in [0.25, 0.3) is 11.4 Å². The average molecular weight is 377 g/mol. The lowest BCUT2D eigenvalue weighted by Gasteiger charge is -2.33. The van der Waals surface area contributed by atoms with E-state index < -0.39 is 0 Å². The van der Waals surface area contributed by atoms with Crippen molar-refractivity contribution in [2.24, 2.45) is 0 Å². The predicted octanol–water partition coefficient (Wildman–Crippen LogP) is 4.18. The van der Waals surface area contributed by atoms with E-state index in [9.17, 15) is 4.79 Å². The Labute approximate surface area is 164 Å². The van der Waals surface area contributed by atoms with Crippen LogP contribution in [-0.4, -0.2) is 34.1 Å². The molecule has 0 bridgehead atoms. The van der Waals surface area contributed by atoms with Gasteiger partial charge >= 0.3 is 0 Å². The number of carbonyl (C=O) groups is 1. The first kappa shape index (κ1) is 18.2. The number of rotatable bonds is 5. The molecule has 1 fully saturated rings. The van der Waals surface area contributed by atoms with Crippen LogP contribution < -0.4 is 4.74 Å². The lowest BCUT2D eigenvalue weighted by atomic mass is 10.0. The van der Waals surface area contributed by atoms with Gasteiger partial charge in [0, 0.05) is 12.1 Å². The zero-order valence-electron chi connectivity index (χ0n) is 15.9. The van der Waals surface area contributed by atoms with Gasteiger partial charge in [-0.15, -0.1) is 0 Å². The van der Waals surface area contributed by atoms with Crippen molar-refractivity contribution in [2.75, 3.05) is 13.2 Å². The van der Waals surface area contributed by atoms with Gasteiger partial charge in [-0.1, -0.05) is 47.1 Å². The first-order valence-electron chi connectivity index (χ1n) is 9.59. The summed E-state index contributed by atoms with van der Waals surface area (Å²) in [4.78, 5) is 19.2. The molecule has 6 heteroatoms. The Balaban J connectivity index is 1.48. The molecule has 0 N–H and O–H groups in total. The number of amides is 1. The molecule has 1 saturated heterocycles. The van der Waals surface area contributed by atoms with Gasteiger partial charge in [-0.25, -0.2) is 0 Å². The monoisotopic (exact) mass is 377 g/mol. The van der Waals surface area contributed by atoms with Gasteiger partial charge in [0.25, 0.3) is 5.91 Å². The summed E-state index contributed by atoms with van der Waals surface area (Å²) >= 11 is 0. The van der Waals surface area contributed by atoms with E-state index in [1.54, 1.807) is 4.90 Å². The Morgan fingerprint density at radius 3 is 2.86 bits per heavy atom. The van der Waals surface area contributed by atoms with Crippen LogP contribution in [0.15, 0.2) is 59.1 Å². The molecule has 0 aliphatic carbocycles. The lowest BCUT2D eigenvalue weighted by Crippen LogP contribution is -2.41. The number of nitrogens with zero attached hydrogens (tertiary/aromatic N) is 3. The highest BCUT2D eigenvalue weighted by Gasteiger charge is 2.32. The first-order valence-corrected chi connectivity index (χ1v) is 9.59. The molecule has 144 valence electrons. The molecule has 1 amide bonds. The number of benzene rings is 2. The summed E-state index contributed by atoms with van der Waals surface area (Å²) in [7, 11) is 0. The van der Waals surface area contributed by atoms with Gasteiger partial charge in [0.1, 0.15) is 11.8 Å². The van der Waals surface area contributed by atoms with Gasteiger partial charge in [0.15, 0.2) is 6.61 Å². The van der Waals surface area contributed by atoms with Crippen molar-refractivity contribution in [1.29, 1.82) is 0 Å². The standard InChI is InChI=1S/C22H23N3O3/c1-16-8-7-9-17(14-16)21-23-22(28-24-21)19-12-5-6-13-25(19)20(26)15-27-18-10-3-2-4-11-18/h2-4,7-11,14,19H,5-6,12-13,15H2,1H3/t19-/m1/s1. The molecule has 0 spiro atoms. The average Bonchev–Trinajstić information content (AvgIpc) is 3.23. The van der Waals surface area contributed by atoms with E-state index in [4.69, 9.17) is 9.26 Å². The number of hydrogen-bond acceptors (Lipinski definition) is 5. The Kier molecular flexibility index (Phi) is 5.37.